The quantitative estimate of drug-likeness (QED) is 0.656. The number of hydrogen-bond donors (Lipinski definition) is 0. The average Bonchev–Trinajstić information content (AvgIpc) is 3.05. The zero-order valence-corrected chi connectivity index (χ0v) is 14.3. The molecule has 1 fully saturated rings. The summed E-state index contributed by atoms with van der Waals surface area (Å²) in [6.45, 7) is 1.19. The van der Waals surface area contributed by atoms with Crippen LogP contribution in [0.15, 0.2) is 62.4 Å². The van der Waals surface area contributed by atoms with Gasteiger partial charge in [0.25, 0.3) is 5.91 Å². The number of carbonyl (C=O) groups excluding carboxylic acids is 1. The third-order valence-corrected chi connectivity index (χ3v) is 5.65. The van der Waals surface area contributed by atoms with Crippen LogP contribution in [0.1, 0.15) is 27.8 Å². The zero-order valence-electron chi connectivity index (χ0n) is 13.5. The van der Waals surface area contributed by atoms with Crippen LogP contribution in [0.4, 0.5) is 0 Å². The van der Waals surface area contributed by atoms with Gasteiger partial charge in [0.1, 0.15) is 16.9 Å². The molecule has 0 aliphatic carbocycles. The van der Waals surface area contributed by atoms with E-state index in [-0.39, 0.29) is 16.7 Å². The molecular weight excluding hydrogens is 338 g/mol. The van der Waals surface area contributed by atoms with E-state index in [1.165, 1.54) is 0 Å². The van der Waals surface area contributed by atoms with E-state index >= 15 is 0 Å². The Labute approximate surface area is 148 Å². The Kier molecular flexibility index (Phi) is 4.36. The summed E-state index contributed by atoms with van der Waals surface area (Å²) < 4.78 is 10.8. The highest BCUT2D eigenvalue weighted by atomic mass is 32.2. The number of hydrogen-bond acceptors (Lipinski definition) is 5. The van der Waals surface area contributed by atoms with Crippen LogP contribution < -0.4 is 5.63 Å². The summed E-state index contributed by atoms with van der Waals surface area (Å²) in [5.41, 5.74) is 0.0108. The second-order valence-corrected chi connectivity index (χ2v) is 7.25. The maximum atomic E-state index is 12.8. The zero-order chi connectivity index (χ0) is 17.2. The average molecular weight is 355 g/mol. The summed E-state index contributed by atoms with van der Waals surface area (Å²) in [4.78, 5) is 26.8. The maximum Gasteiger partial charge on any atom is 0.349 e. The topological polar surface area (TPSA) is 63.7 Å². The Morgan fingerprint density at radius 2 is 2.04 bits per heavy atom. The molecule has 0 spiro atoms. The van der Waals surface area contributed by atoms with E-state index in [9.17, 15) is 9.59 Å². The Hall–Kier alpha value is -2.47. The summed E-state index contributed by atoms with van der Waals surface area (Å²) in [5, 5.41) is 0.990. The predicted molar refractivity (Wildman–Crippen MR) is 96.9 cm³/mol. The lowest BCUT2D eigenvalue weighted by Crippen LogP contribution is -2.35. The standard InChI is InChI=1S/C19H17NO4S/c21-18(14-12-13-4-1-2-5-15(13)24-19(14)22)20-8-7-17(25-11-9-20)16-6-3-10-23-16/h1-6,10,12,17H,7-9,11H2. The van der Waals surface area contributed by atoms with Gasteiger partial charge in [0.15, 0.2) is 0 Å². The first-order chi connectivity index (χ1) is 12.2. The number of amides is 1. The van der Waals surface area contributed by atoms with E-state index in [0.29, 0.717) is 18.7 Å². The monoisotopic (exact) mass is 355 g/mol. The summed E-state index contributed by atoms with van der Waals surface area (Å²) in [7, 11) is 0. The largest absolute Gasteiger partial charge is 0.468 e. The minimum atomic E-state index is -0.580. The van der Waals surface area contributed by atoms with E-state index in [4.69, 9.17) is 8.83 Å². The van der Waals surface area contributed by atoms with Crippen molar-refractivity contribution < 1.29 is 13.6 Å². The minimum Gasteiger partial charge on any atom is -0.468 e. The van der Waals surface area contributed by atoms with Crippen molar-refractivity contribution in [1.29, 1.82) is 0 Å². The molecule has 6 heteroatoms. The molecule has 3 aromatic rings. The van der Waals surface area contributed by atoms with Crippen LogP contribution in [-0.2, 0) is 0 Å². The molecule has 1 saturated heterocycles. The van der Waals surface area contributed by atoms with Crippen molar-refractivity contribution in [1.82, 2.24) is 4.90 Å². The van der Waals surface area contributed by atoms with Crippen LogP contribution in [0.2, 0.25) is 0 Å². The van der Waals surface area contributed by atoms with Crippen molar-refractivity contribution in [2.45, 2.75) is 11.7 Å². The van der Waals surface area contributed by atoms with Gasteiger partial charge < -0.3 is 13.7 Å². The van der Waals surface area contributed by atoms with E-state index in [1.54, 1.807) is 41.1 Å². The Morgan fingerprint density at radius 1 is 1.16 bits per heavy atom. The number of rotatable bonds is 2. The predicted octanol–water partition coefficient (Wildman–Crippen LogP) is 3.71. The third-order valence-electron chi connectivity index (χ3n) is 4.36. The van der Waals surface area contributed by atoms with Gasteiger partial charge in [-0.15, -0.1) is 11.8 Å². The van der Waals surface area contributed by atoms with Crippen molar-refractivity contribution in [2.75, 3.05) is 18.8 Å². The smallest absolute Gasteiger partial charge is 0.349 e. The molecule has 4 rings (SSSR count). The number of furan rings is 1. The van der Waals surface area contributed by atoms with Gasteiger partial charge >= 0.3 is 5.63 Å². The molecular formula is C19H17NO4S. The molecule has 1 unspecified atom stereocenters. The molecule has 128 valence electrons. The second-order valence-electron chi connectivity index (χ2n) is 5.94. The van der Waals surface area contributed by atoms with Crippen LogP contribution in [0, 0.1) is 0 Å². The third kappa shape index (κ3) is 3.22. The van der Waals surface area contributed by atoms with Gasteiger partial charge in [0.05, 0.1) is 11.5 Å². The number of thioether (sulfide) groups is 1. The van der Waals surface area contributed by atoms with Crippen LogP contribution >= 0.6 is 11.8 Å². The molecule has 0 N–H and O–H groups in total. The molecule has 5 nitrogen and oxygen atoms in total. The number of benzene rings is 1. The summed E-state index contributed by atoms with van der Waals surface area (Å²) in [5.74, 6) is 1.47. The van der Waals surface area contributed by atoms with Gasteiger partial charge in [0, 0.05) is 24.2 Å². The lowest BCUT2D eigenvalue weighted by Gasteiger charge is -2.19. The Bertz CT molecular complexity index is 947. The minimum absolute atomic E-state index is 0.0974. The summed E-state index contributed by atoms with van der Waals surface area (Å²) in [6, 6.07) is 12.7. The summed E-state index contributed by atoms with van der Waals surface area (Å²) in [6.07, 6.45) is 2.47. The van der Waals surface area contributed by atoms with Gasteiger partial charge in [-0.25, -0.2) is 4.79 Å². The van der Waals surface area contributed by atoms with Crippen molar-refractivity contribution in [2.24, 2.45) is 0 Å². The molecule has 0 saturated carbocycles. The van der Waals surface area contributed by atoms with Crippen LogP contribution in [0.5, 0.6) is 0 Å². The molecule has 3 heterocycles. The molecule has 1 aliphatic heterocycles. The summed E-state index contributed by atoms with van der Waals surface area (Å²) >= 11 is 1.78. The first kappa shape index (κ1) is 16.0. The Morgan fingerprint density at radius 3 is 2.88 bits per heavy atom. The molecule has 25 heavy (non-hydrogen) atoms. The van der Waals surface area contributed by atoms with Crippen molar-refractivity contribution in [3.8, 4) is 0 Å². The molecule has 1 atom stereocenters. The van der Waals surface area contributed by atoms with Gasteiger partial charge in [-0.1, -0.05) is 18.2 Å². The molecule has 1 aliphatic rings. The highest BCUT2D eigenvalue weighted by molar-refractivity contribution is 7.99. The first-order valence-electron chi connectivity index (χ1n) is 8.19. The van der Waals surface area contributed by atoms with Gasteiger partial charge in [-0.05, 0) is 30.7 Å². The maximum absolute atomic E-state index is 12.8. The van der Waals surface area contributed by atoms with E-state index in [0.717, 1.165) is 23.3 Å². The fourth-order valence-corrected chi connectivity index (χ4v) is 4.24. The Balaban J connectivity index is 1.57. The number of fused-ring (bicyclic) bond motifs is 1. The van der Waals surface area contributed by atoms with Gasteiger partial charge in [-0.3, -0.25) is 4.79 Å². The molecule has 0 radical (unpaired) electrons. The second kappa shape index (κ2) is 6.80. The lowest BCUT2D eigenvalue weighted by molar-refractivity contribution is 0.0762. The number of para-hydroxylation sites is 1. The lowest BCUT2D eigenvalue weighted by atomic mass is 10.1. The SMILES string of the molecule is O=C(c1cc2ccccc2oc1=O)N1CCSC(c2ccco2)CC1. The molecule has 1 aromatic carbocycles. The van der Waals surface area contributed by atoms with Gasteiger partial charge in [0.2, 0.25) is 0 Å². The number of nitrogens with zero attached hydrogens (tertiary/aromatic N) is 1. The van der Waals surface area contributed by atoms with Crippen molar-refractivity contribution in [3.05, 3.63) is 70.5 Å². The molecule has 2 aromatic heterocycles. The first-order valence-corrected chi connectivity index (χ1v) is 9.24. The normalized spacial score (nSPS) is 18.2. The van der Waals surface area contributed by atoms with E-state index in [2.05, 4.69) is 0 Å². The fourth-order valence-electron chi connectivity index (χ4n) is 3.06. The van der Waals surface area contributed by atoms with E-state index in [1.807, 2.05) is 24.3 Å². The van der Waals surface area contributed by atoms with Crippen LogP contribution in [0.25, 0.3) is 11.0 Å². The fraction of sp³-hybridized carbons (Fsp3) is 0.263. The molecule has 1 amide bonds. The highest BCUT2D eigenvalue weighted by Gasteiger charge is 2.26. The van der Waals surface area contributed by atoms with Crippen molar-refractivity contribution in [3.63, 3.8) is 0 Å². The molecule has 0 bridgehead atoms. The highest BCUT2D eigenvalue weighted by Crippen LogP contribution is 2.34. The van der Waals surface area contributed by atoms with Crippen LogP contribution in [0.3, 0.4) is 0 Å². The van der Waals surface area contributed by atoms with Crippen molar-refractivity contribution >= 4 is 28.6 Å². The van der Waals surface area contributed by atoms with E-state index < -0.39 is 5.63 Å². The van der Waals surface area contributed by atoms with Gasteiger partial charge in [-0.2, -0.15) is 0 Å². The van der Waals surface area contributed by atoms with Crippen LogP contribution in [-0.4, -0.2) is 29.6 Å². The number of carbonyl (C=O) groups is 1.